The number of rotatable bonds is 1. The van der Waals surface area contributed by atoms with Gasteiger partial charge in [0, 0.05) is 0 Å². The number of aryl methyl sites for hydroxylation is 1. The Hall–Kier alpha value is 0.816. The maximum Gasteiger partial charge on any atom is 1.00 e. The largest absolute Gasteiger partial charge is 1.00 e. The van der Waals surface area contributed by atoms with Gasteiger partial charge in [0.25, 0.3) is 0 Å². The Morgan fingerprint density at radius 3 is 2.20 bits per heavy atom. The van der Waals surface area contributed by atoms with Crippen LogP contribution in [0.15, 0.2) is 24.3 Å². The van der Waals surface area contributed by atoms with Gasteiger partial charge in [-0.05, 0) is 12.5 Å². The van der Waals surface area contributed by atoms with Crippen molar-refractivity contribution in [1.82, 2.24) is 0 Å². The molecular formula is C8H11KO. The summed E-state index contributed by atoms with van der Waals surface area (Å²) in [6.45, 7) is 2.17. The summed E-state index contributed by atoms with van der Waals surface area (Å²) in [5.74, 6) is 0. The van der Waals surface area contributed by atoms with Gasteiger partial charge in [0.15, 0.2) is 0 Å². The summed E-state index contributed by atoms with van der Waals surface area (Å²) in [5, 5.41) is 8.63. The minimum absolute atomic E-state index is 0. The Morgan fingerprint density at radius 2 is 1.80 bits per heavy atom. The van der Waals surface area contributed by atoms with Crippen molar-refractivity contribution in [2.75, 3.05) is 0 Å². The minimum atomic E-state index is 0. The zero-order chi connectivity index (χ0) is 6.69. The minimum Gasteiger partial charge on any atom is -1.00 e. The number of hydrogen-bond donors (Lipinski definition) is 1. The Morgan fingerprint density at radius 1 is 1.30 bits per heavy atom. The first-order chi connectivity index (χ1) is 4.33. The summed E-state index contributed by atoms with van der Waals surface area (Å²) in [7, 11) is 0. The number of aliphatic hydroxyl groups excluding tert-OH is 1. The zero-order valence-electron chi connectivity index (χ0n) is 7.46. The third-order valence-electron chi connectivity index (χ3n) is 1.30. The van der Waals surface area contributed by atoms with Crippen LogP contribution < -0.4 is 51.4 Å². The molecule has 0 spiro atoms. The van der Waals surface area contributed by atoms with Gasteiger partial charge in [-0.3, -0.25) is 0 Å². The van der Waals surface area contributed by atoms with Crippen LogP contribution in [-0.2, 0) is 6.61 Å². The van der Waals surface area contributed by atoms with E-state index in [4.69, 9.17) is 5.11 Å². The van der Waals surface area contributed by atoms with Gasteiger partial charge in [0.05, 0.1) is 6.61 Å². The summed E-state index contributed by atoms with van der Waals surface area (Å²) in [4.78, 5) is 0. The summed E-state index contributed by atoms with van der Waals surface area (Å²) in [6, 6.07) is 7.84. The third kappa shape index (κ3) is 3.28. The first-order valence-corrected chi connectivity index (χ1v) is 2.99. The molecule has 50 valence electrons. The van der Waals surface area contributed by atoms with Crippen LogP contribution in [0.1, 0.15) is 12.6 Å². The van der Waals surface area contributed by atoms with Crippen molar-refractivity contribution in [1.29, 1.82) is 0 Å². The Kier molecular flexibility index (Phi) is 5.91. The average molecular weight is 162 g/mol. The number of aliphatic hydroxyl groups is 1. The number of hydrogen-bond acceptors (Lipinski definition) is 1. The molecule has 10 heavy (non-hydrogen) atoms. The van der Waals surface area contributed by atoms with Gasteiger partial charge >= 0.3 is 51.4 Å². The monoisotopic (exact) mass is 162 g/mol. The van der Waals surface area contributed by atoms with Crippen molar-refractivity contribution >= 4 is 0 Å². The third-order valence-corrected chi connectivity index (χ3v) is 1.30. The molecule has 0 heterocycles. The van der Waals surface area contributed by atoms with Crippen LogP contribution >= 0.6 is 0 Å². The predicted octanol–water partition coefficient (Wildman–Crippen LogP) is -1.40. The molecule has 0 saturated carbocycles. The Balaban J connectivity index is 0. The maximum absolute atomic E-state index is 8.63. The molecule has 0 aliphatic carbocycles. The Labute approximate surface area is 105 Å². The fourth-order valence-corrected chi connectivity index (χ4v) is 0.693. The maximum atomic E-state index is 8.63. The van der Waals surface area contributed by atoms with Crippen LogP contribution in [0.2, 0.25) is 0 Å². The molecule has 0 saturated heterocycles. The van der Waals surface area contributed by atoms with Crippen molar-refractivity contribution in [3.05, 3.63) is 35.4 Å². The molecule has 0 radical (unpaired) electrons. The first kappa shape index (κ1) is 10.8. The van der Waals surface area contributed by atoms with E-state index in [9.17, 15) is 0 Å². The van der Waals surface area contributed by atoms with Gasteiger partial charge in [-0.2, -0.15) is 0 Å². The van der Waals surface area contributed by atoms with E-state index in [0.29, 0.717) is 0 Å². The van der Waals surface area contributed by atoms with Gasteiger partial charge in [-0.15, -0.1) is 0 Å². The molecule has 1 aromatic rings. The molecule has 1 N–H and O–H groups in total. The zero-order valence-corrected chi connectivity index (χ0v) is 9.59. The molecule has 0 amide bonds. The quantitative estimate of drug-likeness (QED) is 0.504. The molecule has 0 bridgehead atoms. The molecule has 1 rings (SSSR count). The van der Waals surface area contributed by atoms with E-state index in [1.165, 1.54) is 5.56 Å². The SMILES string of the molecule is Cc1ccc(CO)cc1.[H-].[K+]. The van der Waals surface area contributed by atoms with Crippen LogP contribution in [0.5, 0.6) is 0 Å². The molecular weight excluding hydrogens is 151 g/mol. The van der Waals surface area contributed by atoms with Crippen LogP contribution in [0.25, 0.3) is 0 Å². The van der Waals surface area contributed by atoms with E-state index >= 15 is 0 Å². The summed E-state index contributed by atoms with van der Waals surface area (Å²) < 4.78 is 0. The fraction of sp³-hybridized carbons (Fsp3) is 0.250. The van der Waals surface area contributed by atoms with Crippen molar-refractivity contribution in [3.8, 4) is 0 Å². The predicted molar refractivity (Wildman–Crippen MR) is 38.2 cm³/mol. The first-order valence-electron chi connectivity index (χ1n) is 2.99. The normalized spacial score (nSPS) is 8.60. The molecule has 0 unspecified atom stereocenters. The molecule has 1 nitrogen and oxygen atoms in total. The van der Waals surface area contributed by atoms with E-state index in [-0.39, 0.29) is 59.4 Å². The summed E-state index contributed by atoms with van der Waals surface area (Å²) >= 11 is 0. The van der Waals surface area contributed by atoms with Crippen LogP contribution in [-0.4, -0.2) is 5.11 Å². The van der Waals surface area contributed by atoms with Crippen molar-refractivity contribution in [2.24, 2.45) is 0 Å². The summed E-state index contributed by atoms with van der Waals surface area (Å²) in [5.41, 5.74) is 2.20. The second kappa shape index (κ2) is 5.46. The van der Waals surface area contributed by atoms with Gasteiger partial charge in [0.2, 0.25) is 0 Å². The van der Waals surface area contributed by atoms with E-state index in [1.54, 1.807) is 0 Å². The smallest absolute Gasteiger partial charge is 1.00 e. The standard InChI is InChI=1S/C8H10O.K.H/c1-7-2-4-8(6-9)5-3-7;;/h2-5,9H,6H2,1H3;;/q;+1;-1. The van der Waals surface area contributed by atoms with E-state index in [1.807, 2.05) is 31.2 Å². The van der Waals surface area contributed by atoms with E-state index in [0.717, 1.165) is 5.56 Å². The second-order valence-electron chi connectivity index (χ2n) is 2.14. The average Bonchev–Trinajstić information content (AvgIpc) is 1.90. The molecule has 0 aromatic heterocycles. The Bertz CT molecular complexity index is 186. The van der Waals surface area contributed by atoms with E-state index < -0.39 is 0 Å². The topological polar surface area (TPSA) is 20.2 Å². The molecule has 0 aliphatic heterocycles. The number of benzene rings is 1. The molecule has 0 fully saturated rings. The second-order valence-corrected chi connectivity index (χ2v) is 2.14. The molecule has 0 aliphatic rings. The van der Waals surface area contributed by atoms with Gasteiger partial charge < -0.3 is 6.53 Å². The van der Waals surface area contributed by atoms with Crippen molar-refractivity contribution < 1.29 is 57.9 Å². The fourth-order valence-electron chi connectivity index (χ4n) is 0.693. The molecule has 2 heteroatoms. The molecule has 0 atom stereocenters. The van der Waals surface area contributed by atoms with Crippen LogP contribution in [0.3, 0.4) is 0 Å². The van der Waals surface area contributed by atoms with Crippen molar-refractivity contribution in [3.63, 3.8) is 0 Å². The van der Waals surface area contributed by atoms with E-state index in [2.05, 4.69) is 0 Å². The van der Waals surface area contributed by atoms with Gasteiger partial charge in [0.1, 0.15) is 0 Å². The van der Waals surface area contributed by atoms with Crippen LogP contribution in [0, 0.1) is 6.92 Å². The van der Waals surface area contributed by atoms with Crippen molar-refractivity contribution in [2.45, 2.75) is 13.5 Å². The van der Waals surface area contributed by atoms with Crippen LogP contribution in [0.4, 0.5) is 0 Å². The summed E-state index contributed by atoms with van der Waals surface area (Å²) in [6.07, 6.45) is 0. The molecule has 1 aromatic carbocycles. The van der Waals surface area contributed by atoms with Gasteiger partial charge in [-0.1, -0.05) is 29.8 Å². The van der Waals surface area contributed by atoms with Gasteiger partial charge in [-0.25, -0.2) is 0 Å².